The number of anilines is 1. The zero-order chi connectivity index (χ0) is 14.4. The molecule has 2 rings (SSSR count). The summed E-state index contributed by atoms with van der Waals surface area (Å²) in [5, 5.41) is 11.5. The average molecular weight is 265 g/mol. The van der Waals surface area contributed by atoms with Gasteiger partial charge >= 0.3 is 0 Å². The third-order valence-corrected chi connectivity index (χ3v) is 2.71. The number of aliphatic hydroxyl groups is 1. The number of hydrogen-bond acceptors (Lipinski definition) is 2. The van der Waals surface area contributed by atoms with E-state index in [4.69, 9.17) is 5.11 Å². The highest BCUT2D eigenvalue weighted by Crippen LogP contribution is 2.12. The molecule has 3 nitrogen and oxygen atoms in total. The maximum absolute atomic E-state index is 12.1. The van der Waals surface area contributed by atoms with Crippen LogP contribution in [0.3, 0.4) is 0 Å². The first kappa shape index (κ1) is 13.9. The first-order chi connectivity index (χ1) is 9.69. The molecule has 0 radical (unpaired) electrons. The fourth-order valence-electron chi connectivity index (χ4n) is 1.81. The van der Waals surface area contributed by atoms with Crippen LogP contribution in [0.4, 0.5) is 5.69 Å². The van der Waals surface area contributed by atoms with E-state index < -0.39 is 0 Å². The molecule has 3 heteroatoms. The molecule has 2 aromatic rings. The molecule has 100 valence electrons. The van der Waals surface area contributed by atoms with Crippen LogP contribution < -0.4 is 5.32 Å². The summed E-state index contributed by atoms with van der Waals surface area (Å²) in [6.07, 6.45) is 0. The number of hydrogen-bond donors (Lipinski definition) is 2. The fraction of sp³-hybridized carbons (Fsp3) is 0.118. The van der Waals surface area contributed by atoms with Crippen molar-refractivity contribution >= 4 is 11.6 Å². The monoisotopic (exact) mass is 265 g/mol. The second kappa shape index (κ2) is 6.55. The van der Waals surface area contributed by atoms with E-state index in [0.717, 1.165) is 11.3 Å². The largest absolute Gasteiger partial charge is 0.384 e. The average Bonchev–Trinajstić information content (AvgIpc) is 2.45. The molecule has 0 fully saturated rings. The van der Waals surface area contributed by atoms with Crippen molar-refractivity contribution in [3.05, 3.63) is 65.2 Å². The summed E-state index contributed by atoms with van der Waals surface area (Å²) in [4.78, 5) is 12.1. The first-order valence-electron chi connectivity index (χ1n) is 6.27. The summed E-state index contributed by atoms with van der Waals surface area (Å²) >= 11 is 0. The van der Waals surface area contributed by atoms with E-state index in [1.807, 2.05) is 31.2 Å². The van der Waals surface area contributed by atoms with E-state index in [-0.39, 0.29) is 12.5 Å². The van der Waals surface area contributed by atoms with Gasteiger partial charge in [0.05, 0.1) is 0 Å². The quantitative estimate of drug-likeness (QED) is 0.820. The third kappa shape index (κ3) is 3.71. The van der Waals surface area contributed by atoms with E-state index in [0.29, 0.717) is 11.1 Å². The maximum atomic E-state index is 12.1. The normalized spacial score (nSPS) is 9.50. The van der Waals surface area contributed by atoms with Crippen molar-refractivity contribution in [3.63, 3.8) is 0 Å². The van der Waals surface area contributed by atoms with Crippen molar-refractivity contribution in [2.75, 3.05) is 11.9 Å². The number of rotatable bonds is 2. The lowest BCUT2D eigenvalue weighted by Crippen LogP contribution is -2.11. The van der Waals surface area contributed by atoms with Crippen LogP contribution in [0.15, 0.2) is 48.5 Å². The van der Waals surface area contributed by atoms with Gasteiger partial charge in [0.1, 0.15) is 6.61 Å². The Morgan fingerprint density at radius 1 is 1.20 bits per heavy atom. The lowest BCUT2D eigenvalue weighted by Gasteiger charge is -2.06. The van der Waals surface area contributed by atoms with Crippen LogP contribution >= 0.6 is 0 Å². The predicted molar refractivity (Wildman–Crippen MR) is 79.5 cm³/mol. The number of nitrogens with one attached hydrogen (secondary N) is 1. The zero-order valence-electron chi connectivity index (χ0n) is 11.2. The molecule has 2 aromatic carbocycles. The van der Waals surface area contributed by atoms with Crippen molar-refractivity contribution in [3.8, 4) is 11.8 Å². The number of aliphatic hydroxyl groups excluding tert-OH is 1. The van der Waals surface area contributed by atoms with Gasteiger partial charge in [-0.1, -0.05) is 30.0 Å². The van der Waals surface area contributed by atoms with Gasteiger partial charge < -0.3 is 10.4 Å². The number of amides is 1. The Balaban J connectivity index is 2.17. The molecule has 0 saturated heterocycles. The molecule has 0 aliphatic heterocycles. The van der Waals surface area contributed by atoms with Gasteiger partial charge in [0.2, 0.25) is 0 Å². The minimum atomic E-state index is -0.195. The second-order valence-corrected chi connectivity index (χ2v) is 4.36. The molecular formula is C17H15NO2. The Bertz CT molecular complexity index is 681. The first-order valence-corrected chi connectivity index (χ1v) is 6.27. The highest BCUT2D eigenvalue weighted by atomic mass is 16.2. The Kier molecular flexibility index (Phi) is 4.54. The van der Waals surface area contributed by atoms with Crippen molar-refractivity contribution in [2.45, 2.75) is 6.92 Å². The van der Waals surface area contributed by atoms with E-state index in [1.165, 1.54) is 0 Å². The number of aryl methyl sites for hydroxylation is 1. The van der Waals surface area contributed by atoms with Gasteiger partial charge in [0.15, 0.2) is 0 Å². The van der Waals surface area contributed by atoms with Crippen LogP contribution in [0.25, 0.3) is 0 Å². The molecule has 0 atom stereocenters. The molecule has 1 amide bonds. The van der Waals surface area contributed by atoms with Crippen LogP contribution in [0, 0.1) is 18.8 Å². The van der Waals surface area contributed by atoms with Gasteiger partial charge in [-0.05, 0) is 42.8 Å². The Morgan fingerprint density at radius 2 is 2.00 bits per heavy atom. The zero-order valence-corrected chi connectivity index (χ0v) is 11.2. The molecule has 0 aliphatic rings. The van der Waals surface area contributed by atoms with Crippen molar-refractivity contribution in [1.29, 1.82) is 0 Å². The standard InChI is InChI=1S/C17H15NO2/c1-13-5-2-9-16(11-13)18-17(20)15-8-3-6-14(12-15)7-4-10-19/h2-3,5-6,8-9,11-12,19H,10H2,1H3,(H,18,20). The second-order valence-electron chi connectivity index (χ2n) is 4.36. The Hall–Kier alpha value is -2.57. The van der Waals surface area contributed by atoms with Gasteiger partial charge in [-0.2, -0.15) is 0 Å². The third-order valence-electron chi connectivity index (χ3n) is 2.71. The van der Waals surface area contributed by atoms with Crippen molar-refractivity contribution < 1.29 is 9.90 Å². The SMILES string of the molecule is Cc1cccc(NC(=O)c2cccc(C#CCO)c2)c1. The van der Waals surface area contributed by atoms with E-state index in [2.05, 4.69) is 17.2 Å². The van der Waals surface area contributed by atoms with Gasteiger partial charge in [0, 0.05) is 16.8 Å². The topological polar surface area (TPSA) is 49.3 Å². The van der Waals surface area contributed by atoms with E-state index in [9.17, 15) is 4.79 Å². The number of benzene rings is 2. The smallest absolute Gasteiger partial charge is 0.255 e. The van der Waals surface area contributed by atoms with Crippen LogP contribution in [-0.4, -0.2) is 17.6 Å². The summed E-state index contributed by atoms with van der Waals surface area (Å²) < 4.78 is 0. The molecule has 0 bridgehead atoms. The summed E-state index contributed by atoms with van der Waals surface area (Å²) in [5.74, 6) is 5.17. The fourth-order valence-corrected chi connectivity index (χ4v) is 1.81. The highest BCUT2D eigenvalue weighted by molar-refractivity contribution is 6.04. The predicted octanol–water partition coefficient (Wildman–Crippen LogP) is 2.59. The molecule has 0 aromatic heterocycles. The molecule has 20 heavy (non-hydrogen) atoms. The Morgan fingerprint density at radius 3 is 2.75 bits per heavy atom. The molecule has 0 saturated carbocycles. The van der Waals surface area contributed by atoms with E-state index in [1.54, 1.807) is 24.3 Å². The van der Waals surface area contributed by atoms with Crippen LogP contribution in [0.1, 0.15) is 21.5 Å². The lowest BCUT2D eigenvalue weighted by molar-refractivity contribution is 0.102. The molecular weight excluding hydrogens is 250 g/mol. The highest BCUT2D eigenvalue weighted by Gasteiger charge is 2.06. The van der Waals surface area contributed by atoms with Gasteiger partial charge in [-0.3, -0.25) is 4.79 Å². The van der Waals surface area contributed by atoms with Crippen LogP contribution in [-0.2, 0) is 0 Å². The van der Waals surface area contributed by atoms with Crippen molar-refractivity contribution in [1.82, 2.24) is 0 Å². The molecule has 0 heterocycles. The minimum Gasteiger partial charge on any atom is -0.384 e. The van der Waals surface area contributed by atoms with Gasteiger partial charge in [-0.25, -0.2) is 0 Å². The van der Waals surface area contributed by atoms with Crippen LogP contribution in [0.5, 0.6) is 0 Å². The molecule has 0 spiro atoms. The van der Waals surface area contributed by atoms with Crippen molar-refractivity contribution in [2.24, 2.45) is 0 Å². The summed E-state index contributed by atoms with van der Waals surface area (Å²) in [6.45, 7) is 1.78. The van der Waals surface area contributed by atoms with E-state index >= 15 is 0 Å². The summed E-state index contributed by atoms with van der Waals surface area (Å²) in [5.41, 5.74) is 3.10. The summed E-state index contributed by atoms with van der Waals surface area (Å²) in [6, 6.07) is 14.6. The summed E-state index contributed by atoms with van der Waals surface area (Å²) in [7, 11) is 0. The molecule has 0 aliphatic carbocycles. The lowest BCUT2D eigenvalue weighted by atomic mass is 10.1. The molecule has 2 N–H and O–H groups in total. The van der Waals surface area contributed by atoms with Crippen LogP contribution in [0.2, 0.25) is 0 Å². The minimum absolute atomic E-state index is 0.178. The number of carbonyl (C=O) groups excluding carboxylic acids is 1. The Labute approximate surface area is 118 Å². The van der Waals surface area contributed by atoms with Gasteiger partial charge in [0.25, 0.3) is 5.91 Å². The van der Waals surface area contributed by atoms with Gasteiger partial charge in [-0.15, -0.1) is 0 Å². The number of carbonyl (C=O) groups is 1. The molecule has 0 unspecified atom stereocenters. The maximum Gasteiger partial charge on any atom is 0.255 e.